The Labute approximate surface area is 142 Å². The summed E-state index contributed by atoms with van der Waals surface area (Å²) in [5.74, 6) is 0. The van der Waals surface area contributed by atoms with Gasteiger partial charge in [0.1, 0.15) is 0 Å². The minimum atomic E-state index is 0.499. The maximum absolute atomic E-state index is 9.02. The SMILES string of the molecule is N#Cc1ccc(N2C3CCC(CC3)N2c2ccc(C#N)cc2)cc1. The largest absolute Gasteiger partial charge is 0.282 e. The lowest BCUT2D eigenvalue weighted by Crippen LogP contribution is -2.62. The van der Waals surface area contributed by atoms with Crippen LogP contribution in [0.1, 0.15) is 36.8 Å². The first-order valence-corrected chi connectivity index (χ1v) is 8.39. The third-order valence-corrected chi connectivity index (χ3v) is 5.11. The first kappa shape index (κ1) is 14.6. The molecule has 2 bridgehead atoms. The van der Waals surface area contributed by atoms with Crippen molar-refractivity contribution in [3.63, 3.8) is 0 Å². The zero-order valence-electron chi connectivity index (χ0n) is 13.4. The summed E-state index contributed by atoms with van der Waals surface area (Å²) in [6.45, 7) is 0. The van der Waals surface area contributed by atoms with Gasteiger partial charge in [-0.05, 0) is 74.2 Å². The van der Waals surface area contributed by atoms with Crippen molar-refractivity contribution in [1.29, 1.82) is 10.5 Å². The second-order valence-electron chi connectivity index (χ2n) is 6.47. The molecule has 5 rings (SSSR count). The molecule has 4 nitrogen and oxygen atoms in total. The molecule has 3 fully saturated rings. The Morgan fingerprint density at radius 1 is 0.625 bits per heavy atom. The summed E-state index contributed by atoms with van der Waals surface area (Å²) >= 11 is 0. The molecule has 118 valence electrons. The second-order valence-corrected chi connectivity index (χ2v) is 6.47. The van der Waals surface area contributed by atoms with Crippen molar-refractivity contribution in [1.82, 2.24) is 0 Å². The molecular weight excluding hydrogens is 296 g/mol. The first-order valence-electron chi connectivity index (χ1n) is 8.39. The molecule has 2 saturated heterocycles. The van der Waals surface area contributed by atoms with E-state index in [1.54, 1.807) is 0 Å². The molecule has 1 aliphatic carbocycles. The fourth-order valence-electron chi connectivity index (χ4n) is 3.95. The molecule has 2 aliphatic heterocycles. The summed E-state index contributed by atoms with van der Waals surface area (Å²) in [6, 6.07) is 21.0. The molecule has 0 amide bonds. The maximum atomic E-state index is 9.02. The van der Waals surface area contributed by atoms with Crippen LogP contribution in [0.5, 0.6) is 0 Å². The van der Waals surface area contributed by atoms with E-state index in [4.69, 9.17) is 10.5 Å². The lowest BCUT2D eigenvalue weighted by Gasteiger charge is -2.55. The van der Waals surface area contributed by atoms with Gasteiger partial charge in [-0.25, -0.2) is 0 Å². The second kappa shape index (κ2) is 5.91. The van der Waals surface area contributed by atoms with Crippen molar-refractivity contribution < 1.29 is 0 Å². The molecule has 4 heteroatoms. The third-order valence-electron chi connectivity index (χ3n) is 5.11. The highest BCUT2D eigenvalue weighted by Gasteiger charge is 2.40. The Morgan fingerprint density at radius 3 is 1.25 bits per heavy atom. The number of nitriles is 2. The third kappa shape index (κ3) is 2.37. The summed E-state index contributed by atoms with van der Waals surface area (Å²) in [5.41, 5.74) is 3.64. The maximum Gasteiger partial charge on any atom is 0.0991 e. The molecule has 3 aliphatic rings. The molecule has 24 heavy (non-hydrogen) atoms. The summed E-state index contributed by atoms with van der Waals surface area (Å²) < 4.78 is 0. The molecule has 0 aromatic heterocycles. The van der Waals surface area contributed by atoms with E-state index in [0.717, 1.165) is 11.4 Å². The van der Waals surface area contributed by atoms with E-state index in [2.05, 4.69) is 22.2 Å². The molecule has 2 aromatic rings. The van der Waals surface area contributed by atoms with Crippen LogP contribution in [0.3, 0.4) is 0 Å². The van der Waals surface area contributed by atoms with E-state index in [-0.39, 0.29) is 0 Å². The van der Waals surface area contributed by atoms with Crippen LogP contribution in [0.4, 0.5) is 11.4 Å². The minimum absolute atomic E-state index is 0.499. The summed E-state index contributed by atoms with van der Waals surface area (Å²) in [6.07, 6.45) is 4.82. The van der Waals surface area contributed by atoms with Crippen LogP contribution in [0.2, 0.25) is 0 Å². The lowest BCUT2D eigenvalue weighted by atomic mass is 9.86. The number of nitrogens with zero attached hydrogens (tertiary/aromatic N) is 4. The minimum Gasteiger partial charge on any atom is -0.282 e. The average molecular weight is 314 g/mol. The van der Waals surface area contributed by atoms with Crippen molar-refractivity contribution in [2.75, 3.05) is 10.0 Å². The van der Waals surface area contributed by atoms with E-state index in [0.29, 0.717) is 23.2 Å². The van der Waals surface area contributed by atoms with E-state index < -0.39 is 0 Å². The first-order chi connectivity index (χ1) is 11.8. The highest BCUT2D eigenvalue weighted by Crippen LogP contribution is 2.41. The number of hydrazine groups is 1. The number of rotatable bonds is 2. The number of hydrogen-bond acceptors (Lipinski definition) is 4. The Morgan fingerprint density at radius 2 is 0.958 bits per heavy atom. The van der Waals surface area contributed by atoms with Crippen molar-refractivity contribution in [2.45, 2.75) is 37.8 Å². The molecular formula is C20H18N4. The van der Waals surface area contributed by atoms with Gasteiger partial charge in [0.25, 0.3) is 0 Å². The fraction of sp³-hybridized carbons (Fsp3) is 0.300. The van der Waals surface area contributed by atoms with Gasteiger partial charge in [-0.2, -0.15) is 10.5 Å². The quantitative estimate of drug-likeness (QED) is 0.841. The van der Waals surface area contributed by atoms with Crippen LogP contribution in [-0.2, 0) is 0 Å². The molecule has 2 heterocycles. The van der Waals surface area contributed by atoms with Crippen molar-refractivity contribution in [3.8, 4) is 12.1 Å². The molecule has 0 spiro atoms. The molecule has 0 radical (unpaired) electrons. The average Bonchev–Trinajstić information content (AvgIpc) is 2.68. The Bertz CT molecular complexity index is 731. The topological polar surface area (TPSA) is 54.1 Å². The highest BCUT2D eigenvalue weighted by molar-refractivity contribution is 5.62. The monoisotopic (exact) mass is 314 g/mol. The van der Waals surface area contributed by atoms with E-state index in [9.17, 15) is 0 Å². The molecule has 0 atom stereocenters. The fourth-order valence-corrected chi connectivity index (χ4v) is 3.95. The molecule has 0 unspecified atom stereocenters. The van der Waals surface area contributed by atoms with E-state index in [1.165, 1.54) is 25.7 Å². The zero-order chi connectivity index (χ0) is 16.5. The number of hydrogen-bond donors (Lipinski definition) is 0. The lowest BCUT2D eigenvalue weighted by molar-refractivity contribution is 0.284. The van der Waals surface area contributed by atoms with Gasteiger partial charge in [0.05, 0.1) is 46.7 Å². The molecule has 2 aromatic carbocycles. The van der Waals surface area contributed by atoms with Crippen LogP contribution in [0.25, 0.3) is 0 Å². The van der Waals surface area contributed by atoms with E-state index in [1.807, 2.05) is 48.5 Å². The number of fused-ring (bicyclic) bond motifs is 3. The summed E-state index contributed by atoms with van der Waals surface area (Å²) in [5, 5.41) is 22.8. The van der Waals surface area contributed by atoms with Gasteiger partial charge in [0.15, 0.2) is 0 Å². The van der Waals surface area contributed by atoms with Gasteiger partial charge in [-0.1, -0.05) is 0 Å². The van der Waals surface area contributed by atoms with E-state index >= 15 is 0 Å². The Hall–Kier alpha value is -2.98. The Kier molecular flexibility index (Phi) is 3.59. The van der Waals surface area contributed by atoms with Gasteiger partial charge < -0.3 is 0 Å². The summed E-state index contributed by atoms with van der Waals surface area (Å²) in [7, 11) is 0. The normalized spacial score (nSPS) is 22.1. The van der Waals surface area contributed by atoms with Crippen molar-refractivity contribution in [2.24, 2.45) is 0 Å². The van der Waals surface area contributed by atoms with Crippen LogP contribution < -0.4 is 10.0 Å². The standard InChI is InChI=1S/C20H18N4/c21-13-15-1-5-17(6-2-15)23-19-9-11-20(12-10-19)24(23)18-7-3-16(14-22)4-8-18/h1-8,19-20H,9-12H2. The predicted molar refractivity (Wildman–Crippen MR) is 93.3 cm³/mol. The van der Waals surface area contributed by atoms with Crippen LogP contribution in [0.15, 0.2) is 48.5 Å². The van der Waals surface area contributed by atoms with Gasteiger partial charge in [0.2, 0.25) is 0 Å². The van der Waals surface area contributed by atoms with Gasteiger partial charge in [-0.3, -0.25) is 10.0 Å². The number of benzene rings is 2. The Balaban J connectivity index is 1.73. The van der Waals surface area contributed by atoms with Crippen LogP contribution in [-0.4, -0.2) is 12.1 Å². The van der Waals surface area contributed by atoms with Gasteiger partial charge in [0, 0.05) is 0 Å². The molecule has 1 saturated carbocycles. The van der Waals surface area contributed by atoms with Crippen molar-refractivity contribution in [3.05, 3.63) is 59.7 Å². The van der Waals surface area contributed by atoms with Crippen LogP contribution in [0, 0.1) is 22.7 Å². The molecule has 0 N–H and O–H groups in total. The smallest absolute Gasteiger partial charge is 0.0991 e. The zero-order valence-corrected chi connectivity index (χ0v) is 13.4. The summed E-state index contributed by atoms with van der Waals surface area (Å²) in [4.78, 5) is 0. The van der Waals surface area contributed by atoms with Crippen molar-refractivity contribution >= 4 is 11.4 Å². The predicted octanol–water partition coefficient (Wildman–Crippen LogP) is 3.98. The van der Waals surface area contributed by atoms with Gasteiger partial charge >= 0.3 is 0 Å². The van der Waals surface area contributed by atoms with Crippen LogP contribution >= 0.6 is 0 Å². The highest BCUT2D eigenvalue weighted by atomic mass is 15.7. The van der Waals surface area contributed by atoms with Gasteiger partial charge in [-0.15, -0.1) is 0 Å². The number of anilines is 2.